The molecule has 1 aromatic heterocycles. The van der Waals surface area contributed by atoms with E-state index in [1.54, 1.807) is 24.3 Å². The molecule has 0 aliphatic carbocycles. The number of carbonyl (C=O) groups is 1. The number of sulfonamides is 1. The molecule has 1 fully saturated rings. The van der Waals surface area contributed by atoms with Crippen LogP contribution in [0.2, 0.25) is 0 Å². The zero-order valence-electron chi connectivity index (χ0n) is 20.7. The van der Waals surface area contributed by atoms with E-state index in [1.165, 1.54) is 41.9 Å². The van der Waals surface area contributed by atoms with Gasteiger partial charge in [0, 0.05) is 31.9 Å². The maximum Gasteiger partial charge on any atom is 0.337 e. The van der Waals surface area contributed by atoms with Crippen molar-refractivity contribution in [3.8, 4) is 0 Å². The highest BCUT2D eigenvalue weighted by molar-refractivity contribution is 7.91. The van der Waals surface area contributed by atoms with Crippen LogP contribution in [-0.4, -0.2) is 64.5 Å². The zero-order valence-corrected chi connectivity index (χ0v) is 22.4. The van der Waals surface area contributed by atoms with E-state index in [9.17, 15) is 21.6 Å². The fourth-order valence-corrected chi connectivity index (χ4v) is 6.89. The van der Waals surface area contributed by atoms with Crippen LogP contribution in [0.15, 0.2) is 81.1 Å². The number of nitrogens with zero attached hydrogens (tertiary/aromatic N) is 2. The van der Waals surface area contributed by atoms with E-state index in [0.717, 1.165) is 11.8 Å². The Morgan fingerprint density at radius 1 is 1.00 bits per heavy atom. The first-order valence-corrected chi connectivity index (χ1v) is 15.1. The zero-order chi connectivity index (χ0) is 26.6. The molecule has 4 rings (SSSR count). The molecule has 2 heterocycles. The van der Waals surface area contributed by atoms with Crippen LogP contribution in [0.25, 0.3) is 0 Å². The van der Waals surface area contributed by atoms with Crippen molar-refractivity contribution in [1.82, 2.24) is 9.21 Å². The van der Waals surface area contributed by atoms with Gasteiger partial charge in [0.15, 0.2) is 9.84 Å². The number of benzene rings is 2. The Morgan fingerprint density at radius 3 is 2.27 bits per heavy atom. The number of hydrogen-bond donors (Lipinski definition) is 0. The molecule has 0 radical (unpaired) electrons. The smallest absolute Gasteiger partial charge is 0.337 e. The number of likely N-dealkylation sites (tertiary alicyclic amines) is 1. The van der Waals surface area contributed by atoms with Gasteiger partial charge in [0.05, 0.1) is 35.3 Å². The second-order valence-corrected chi connectivity index (χ2v) is 13.0. The van der Waals surface area contributed by atoms with Crippen LogP contribution in [0.5, 0.6) is 0 Å². The van der Waals surface area contributed by atoms with Gasteiger partial charge in [0.25, 0.3) is 0 Å². The van der Waals surface area contributed by atoms with Crippen LogP contribution >= 0.6 is 0 Å². The summed E-state index contributed by atoms with van der Waals surface area (Å²) in [5.41, 5.74) is 1.53. The van der Waals surface area contributed by atoms with Gasteiger partial charge in [0.1, 0.15) is 5.76 Å². The van der Waals surface area contributed by atoms with Gasteiger partial charge in [-0.1, -0.05) is 18.2 Å². The van der Waals surface area contributed by atoms with Crippen molar-refractivity contribution in [2.24, 2.45) is 0 Å². The normalized spacial score (nSPS) is 15.6. The largest absolute Gasteiger partial charge is 0.468 e. The Morgan fingerprint density at radius 2 is 1.68 bits per heavy atom. The van der Waals surface area contributed by atoms with Crippen molar-refractivity contribution < 1.29 is 30.8 Å². The van der Waals surface area contributed by atoms with Gasteiger partial charge < -0.3 is 9.15 Å². The summed E-state index contributed by atoms with van der Waals surface area (Å²) in [6.07, 6.45) is 3.76. The van der Waals surface area contributed by atoms with Crippen molar-refractivity contribution in [3.63, 3.8) is 0 Å². The van der Waals surface area contributed by atoms with Crippen LogP contribution in [-0.2, 0) is 37.7 Å². The van der Waals surface area contributed by atoms with E-state index in [0.29, 0.717) is 43.8 Å². The van der Waals surface area contributed by atoms with Crippen molar-refractivity contribution >= 4 is 25.8 Å². The van der Waals surface area contributed by atoms with Crippen LogP contribution in [0, 0.1) is 0 Å². The number of methoxy groups -OCH3 is 1. The summed E-state index contributed by atoms with van der Waals surface area (Å²) in [5, 5.41) is 0. The Balaban J connectivity index is 1.51. The van der Waals surface area contributed by atoms with Gasteiger partial charge in [-0.25, -0.2) is 21.6 Å². The van der Waals surface area contributed by atoms with Gasteiger partial charge in [-0.2, -0.15) is 4.31 Å². The number of esters is 1. The highest BCUT2D eigenvalue weighted by atomic mass is 32.2. The minimum absolute atomic E-state index is 0.0421. The fourth-order valence-electron chi connectivity index (χ4n) is 4.45. The second kappa shape index (κ2) is 11.2. The molecular weight excluding hydrogens is 516 g/mol. The number of furan rings is 1. The average molecular weight is 547 g/mol. The maximum absolute atomic E-state index is 13.8. The Labute approximate surface area is 217 Å². The standard InChI is InChI=1S/C26H30N2O7S2/c1-34-26(29)21-10-8-20(9-11-21)18-27-14-12-22(13-15-27)28(19-23-5-4-16-35-23)37(32,33)25-7-3-6-24(17-25)36(2,30)31/h3-11,16-17,22H,12-15,18-19H2,1-2H3. The molecule has 11 heteroatoms. The lowest BCUT2D eigenvalue weighted by Gasteiger charge is -2.37. The number of carbonyl (C=O) groups excluding carboxylic acids is 1. The molecule has 3 aromatic rings. The van der Waals surface area contributed by atoms with Crippen LogP contribution < -0.4 is 0 Å². The van der Waals surface area contributed by atoms with E-state index in [4.69, 9.17) is 9.15 Å². The van der Waals surface area contributed by atoms with Gasteiger partial charge in [-0.05, 0) is 60.9 Å². The van der Waals surface area contributed by atoms with Gasteiger partial charge in [-0.3, -0.25) is 4.90 Å². The minimum Gasteiger partial charge on any atom is -0.468 e. The number of ether oxygens (including phenoxy) is 1. The number of sulfone groups is 1. The maximum atomic E-state index is 13.8. The highest BCUT2D eigenvalue weighted by Crippen LogP contribution is 2.28. The highest BCUT2D eigenvalue weighted by Gasteiger charge is 2.35. The molecule has 0 unspecified atom stereocenters. The fraction of sp³-hybridized carbons (Fsp3) is 0.346. The van der Waals surface area contributed by atoms with E-state index in [-0.39, 0.29) is 28.3 Å². The molecular formula is C26H30N2O7S2. The molecule has 1 saturated heterocycles. The minimum atomic E-state index is -4.00. The molecule has 0 N–H and O–H groups in total. The van der Waals surface area contributed by atoms with Crippen LogP contribution in [0.4, 0.5) is 0 Å². The third kappa shape index (κ3) is 6.48. The predicted molar refractivity (Wildman–Crippen MR) is 137 cm³/mol. The molecule has 1 aliphatic heterocycles. The SMILES string of the molecule is COC(=O)c1ccc(CN2CCC(N(Cc3ccco3)S(=O)(=O)c3cccc(S(C)(=O)=O)c3)CC2)cc1. The number of piperidine rings is 1. The Hall–Kier alpha value is -2.99. The van der Waals surface area contributed by atoms with E-state index in [2.05, 4.69) is 4.90 Å². The Kier molecular flexibility index (Phi) is 8.17. The van der Waals surface area contributed by atoms with Crippen molar-refractivity contribution in [1.29, 1.82) is 0 Å². The number of hydrogen-bond acceptors (Lipinski definition) is 8. The van der Waals surface area contributed by atoms with Crippen molar-refractivity contribution in [2.45, 2.75) is 41.8 Å². The van der Waals surface area contributed by atoms with Gasteiger partial charge in [-0.15, -0.1) is 0 Å². The first kappa shape index (κ1) is 27.1. The van der Waals surface area contributed by atoms with Crippen LogP contribution in [0.3, 0.4) is 0 Å². The molecule has 0 saturated carbocycles. The lowest BCUT2D eigenvalue weighted by Crippen LogP contribution is -2.46. The molecule has 1 aliphatic rings. The first-order valence-electron chi connectivity index (χ1n) is 11.8. The number of rotatable bonds is 9. The summed E-state index contributed by atoms with van der Waals surface area (Å²) in [6, 6.07) is 15.9. The molecule has 2 aromatic carbocycles. The summed E-state index contributed by atoms with van der Waals surface area (Å²) in [6.45, 7) is 2.08. The van der Waals surface area contributed by atoms with E-state index < -0.39 is 19.9 Å². The summed E-state index contributed by atoms with van der Waals surface area (Å²) in [5.74, 6) is 0.128. The molecule has 9 nitrogen and oxygen atoms in total. The summed E-state index contributed by atoms with van der Waals surface area (Å²) >= 11 is 0. The third-order valence-corrected chi connectivity index (χ3v) is 9.48. The molecule has 198 valence electrons. The molecule has 0 atom stereocenters. The second-order valence-electron chi connectivity index (χ2n) is 9.07. The first-order chi connectivity index (χ1) is 17.6. The summed E-state index contributed by atoms with van der Waals surface area (Å²) in [7, 11) is -6.23. The third-order valence-electron chi connectivity index (χ3n) is 6.48. The van der Waals surface area contributed by atoms with E-state index in [1.807, 2.05) is 12.1 Å². The lowest BCUT2D eigenvalue weighted by atomic mass is 10.0. The summed E-state index contributed by atoms with van der Waals surface area (Å²) in [4.78, 5) is 13.8. The van der Waals surface area contributed by atoms with Crippen molar-refractivity contribution in [2.75, 3.05) is 26.5 Å². The van der Waals surface area contributed by atoms with Crippen LogP contribution in [0.1, 0.15) is 34.5 Å². The lowest BCUT2D eigenvalue weighted by molar-refractivity contribution is 0.0600. The predicted octanol–water partition coefficient (Wildman–Crippen LogP) is 3.33. The Bertz CT molecular complexity index is 1430. The quantitative estimate of drug-likeness (QED) is 0.376. The molecule has 0 spiro atoms. The average Bonchev–Trinajstić information content (AvgIpc) is 3.41. The van der Waals surface area contributed by atoms with E-state index >= 15 is 0 Å². The van der Waals surface area contributed by atoms with Crippen molar-refractivity contribution in [3.05, 3.63) is 83.8 Å². The molecule has 37 heavy (non-hydrogen) atoms. The van der Waals surface area contributed by atoms with Gasteiger partial charge in [0.2, 0.25) is 10.0 Å². The monoisotopic (exact) mass is 546 g/mol. The topological polar surface area (TPSA) is 114 Å². The summed E-state index contributed by atoms with van der Waals surface area (Å²) < 4.78 is 63.2. The van der Waals surface area contributed by atoms with Gasteiger partial charge >= 0.3 is 5.97 Å². The molecule has 0 amide bonds. The molecule has 0 bridgehead atoms.